The predicted octanol–water partition coefficient (Wildman–Crippen LogP) is 3.68. The molecule has 1 aliphatic heterocycles. The highest BCUT2D eigenvalue weighted by Gasteiger charge is 2.37. The molecule has 0 aliphatic carbocycles. The molecular weight excluding hydrogens is 342 g/mol. The van der Waals surface area contributed by atoms with Gasteiger partial charge in [0.1, 0.15) is 5.52 Å². The average Bonchev–Trinajstić information content (AvgIpc) is 3.23. The number of fused-ring (bicyclic) bond motifs is 1. The summed E-state index contributed by atoms with van der Waals surface area (Å²) in [5, 5.41) is 2.91. The molecule has 2 amide bonds. The van der Waals surface area contributed by atoms with Crippen LogP contribution >= 0.6 is 0 Å². The van der Waals surface area contributed by atoms with Gasteiger partial charge in [-0.15, -0.1) is 0 Å². The van der Waals surface area contributed by atoms with Crippen molar-refractivity contribution in [1.82, 2.24) is 9.88 Å². The van der Waals surface area contributed by atoms with Crippen LogP contribution in [0.15, 0.2) is 52.9 Å². The van der Waals surface area contributed by atoms with E-state index in [1.807, 2.05) is 37.3 Å². The van der Waals surface area contributed by atoms with Crippen LogP contribution in [0.1, 0.15) is 30.8 Å². The minimum Gasteiger partial charge on any atom is -0.441 e. The van der Waals surface area contributed by atoms with Crippen molar-refractivity contribution in [2.24, 2.45) is 5.92 Å². The van der Waals surface area contributed by atoms with Gasteiger partial charge in [-0.25, -0.2) is 4.98 Å². The molecule has 0 bridgehead atoms. The van der Waals surface area contributed by atoms with E-state index in [2.05, 4.69) is 10.3 Å². The van der Waals surface area contributed by atoms with E-state index in [-0.39, 0.29) is 30.2 Å². The topological polar surface area (TPSA) is 75.4 Å². The van der Waals surface area contributed by atoms with E-state index in [1.54, 1.807) is 30.0 Å². The average molecular weight is 363 g/mol. The molecule has 27 heavy (non-hydrogen) atoms. The molecule has 6 nitrogen and oxygen atoms in total. The van der Waals surface area contributed by atoms with Crippen molar-refractivity contribution in [3.8, 4) is 0 Å². The molecule has 1 saturated heterocycles. The van der Waals surface area contributed by atoms with Crippen LogP contribution in [-0.2, 0) is 9.59 Å². The summed E-state index contributed by atoms with van der Waals surface area (Å²) in [5.74, 6) is 0.0820. The van der Waals surface area contributed by atoms with E-state index in [4.69, 9.17) is 4.42 Å². The van der Waals surface area contributed by atoms with Gasteiger partial charge in [-0.2, -0.15) is 0 Å². The Hall–Kier alpha value is -3.15. The first-order valence-corrected chi connectivity index (χ1v) is 9.04. The van der Waals surface area contributed by atoms with Gasteiger partial charge in [-0.3, -0.25) is 9.59 Å². The van der Waals surface area contributed by atoms with Gasteiger partial charge in [0.05, 0.1) is 12.0 Å². The third-order valence-electron chi connectivity index (χ3n) is 5.04. The molecule has 0 spiro atoms. The molecule has 0 saturated carbocycles. The quantitative estimate of drug-likeness (QED) is 0.767. The molecule has 4 rings (SSSR count). The molecule has 2 aromatic carbocycles. The van der Waals surface area contributed by atoms with E-state index in [1.165, 1.54) is 0 Å². The Kier molecular flexibility index (Phi) is 4.39. The second-order valence-corrected chi connectivity index (χ2v) is 6.94. The van der Waals surface area contributed by atoms with Gasteiger partial charge in [-0.05, 0) is 30.7 Å². The van der Waals surface area contributed by atoms with Crippen molar-refractivity contribution in [1.29, 1.82) is 0 Å². The van der Waals surface area contributed by atoms with Crippen LogP contribution < -0.4 is 5.32 Å². The van der Waals surface area contributed by atoms with Crippen LogP contribution in [0.25, 0.3) is 11.1 Å². The molecule has 1 aromatic heterocycles. The highest BCUT2D eigenvalue weighted by atomic mass is 16.3. The Balaban J connectivity index is 1.45. The first kappa shape index (κ1) is 17.3. The van der Waals surface area contributed by atoms with Crippen molar-refractivity contribution in [3.05, 3.63) is 60.0 Å². The first-order chi connectivity index (χ1) is 13.0. The summed E-state index contributed by atoms with van der Waals surface area (Å²) in [6, 6.07) is 15.2. The van der Waals surface area contributed by atoms with Crippen LogP contribution in [-0.4, -0.2) is 28.2 Å². The van der Waals surface area contributed by atoms with Gasteiger partial charge in [-0.1, -0.05) is 30.3 Å². The molecule has 138 valence electrons. The fourth-order valence-corrected chi connectivity index (χ4v) is 3.56. The van der Waals surface area contributed by atoms with E-state index >= 15 is 0 Å². The lowest BCUT2D eigenvalue weighted by atomic mass is 10.1. The molecule has 6 heteroatoms. The highest BCUT2D eigenvalue weighted by Crippen LogP contribution is 2.29. The maximum atomic E-state index is 12.7. The Bertz CT molecular complexity index is 996. The summed E-state index contributed by atoms with van der Waals surface area (Å²) >= 11 is 0. The summed E-state index contributed by atoms with van der Waals surface area (Å²) < 4.78 is 5.45. The van der Waals surface area contributed by atoms with E-state index in [0.717, 1.165) is 5.56 Å². The van der Waals surface area contributed by atoms with Crippen molar-refractivity contribution in [2.45, 2.75) is 26.3 Å². The van der Waals surface area contributed by atoms with Gasteiger partial charge in [0, 0.05) is 25.6 Å². The van der Waals surface area contributed by atoms with Crippen LogP contribution in [0.2, 0.25) is 0 Å². The largest absolute Gasteiger partial charge is 0.441 e. The first-order valence-electron chi connectivity index (χ1n) is 9.04. The monoisotopic (exact) mass is 363 g/mol. The number of nitrogens with one attached hydrogen (secondary N) is 1. The third-order valence-corrected chi connectivity index (χ3v) is 5.04. The summed E-state index contributed by atoms with van der Waals surface area (Å²) in [6.07, 6.45) is 0.230. The Labute approximate surface area is 157 Å². The molecule has 0 radical (unpaired) electrons. The van der Waals surface area contributed by atoms with Crippen molar-refractivity contribution >= 4 is 28.6 Å². The lowest BCUT2D eigenvalue weighted by Crippen LogP contribution is -2.30. The zero-order valence-corrected chi connectivity index (χ0v) is 15.3. The number of carbonyl (C=O) groups is 2. The maximum absolute atomic E-state index is 12.7. The summed E-state index contributed by atoms with van der Waals surface area (Å²) in [6.45, 7) is 4.20. The number of nitrogens with zero attached hydrogens (tertiary/aromatic N) is 2. The van der Waals surface area contributed by atoms with Crippen LogP contribution in [0.5, 0.6) is 0 Å². The number of hydrogen-bond donors (Lipinski definition) is 1. The minimum absolute atomic E-state index is 0.00841. The fraction of sp³-hybridized carbons (Fsp3) is 0.286. The molecule has 3 aromatic rings. The summed E-state index contributed by atoms with van der Waals surface area (Å²) in [7, 11) is 0. The zero-order valence-electron chi connectivity index (χ0n) is 15.3. The van der Waals surface area contributed by atoms with Gasteiger partial charge in [0.25, 0.3) is 0 Å². The fourth-order valence-electron chi connectivity index (χ4n) is 3.56. The minimum atomic E-state index is -0.363. The highest BCUT2D eigenvalue weighted by molar-refractivity contribution is 5.98. The van der Waals surface area contributed by atoms with E-state index in [0.29, 0.717) is 29.2 Å². The molecule has 1 fully saturated rings. The van der Waals surface area contributed by atoms with Crippen LogP contribution in [0.3, 0.4) is 0 Å². The molecule has 2 atom stereocenters. The molecule has 1 N–H and O–H groups in total. The number of aryl methyl sites for hydroxylation is 1. The van der Waals surface area contributed by atoms with E-state index < -0.39 is 0 Å². The van der Waals surface area contributed by atoms with Gasteiger partial charge < -0.3 is 14.6 Å². The molecule has 1 aliphatic rings. The maximum Gasteiger partial charge on any atom is 0.229 e. The standard InChI is InChI=1S/C21H21N3O3/c1-13(15-6-4-3-5-7-15)24-12-16(10-20(24)25)21(26)23-17-8-9-19-18(11-17)22-14(2)27-19/h3-9,11,13,16H,10,12H2,1-2H3,(H,23,26). The lowest BCUT2D eigenvalue weighted by Gasteiger charge is -2.25. The van der Waals surface area contributed by atoms with Crippen LogP contribution in [0.4, 0.5) is 5.69 Å². The number of likely N-dealkylation sites (tertiary alicyclic amines) is 1. The number of carbonyl (C=O) groups excluding carboxylic acids is 2. The number of anilines is 1. The van der Waals surface area contributed by atoms with Crippen molar-refractivity contribution < 1.29 is 14.0 Å². The number of benzene rings is 2. The summed E-state index contributed by atoms with van der Waals surface area (Å²) in [5.41, 5.74) is 3.11. The van der Waals surface area contributed by atoms with Crippen LogP contribution in [0, 0.1) is 12.8 Å². The number of amides is 2. The lowest BCUT2D eigenvalue weighted by molar-refractivity contribution is -0.129. The summed E-state index contributed by atoms with van der Waals surface area (Å²) in [4.78, 5) is 31.2. The Morgan fingerprint density at radius 2 is 2.04 bits per heavy atom. The Morgan fingerprint density at radius 1 is 1.26 bits per heavy atom. The number of rotatable bonds is 4. The second-order valence-electron chi connectivity index (χ2n) is 6.94. The van der Waals surface area contributed by atoms with Gasteiger partial charge >= 0.3 is 0 Å². The molecular formula is C21H21N3O3. The van der Waals surface area contributed by atoms with Gasteiger partial charge in [0.2, 0.25) is 11.8 Å². The number of aromatic nitrogens is 1. The van der Waals surface area contributed by atoms with Gasteiger partial charge in [0.15, 0.2) is 11.5 Å². The predicted molar refractivity (Wildman–Crippen MR) is 102 cm³/mol. The van der Waals surface area contributed by atoms with Crippen molar-refractivity contribution in [3.63, 3.8) is 0 Å². The van der Waals surface area contributed by atoms with E-state index in [9.17, 15) is 9.59 Å². The third kappa shape index (κ3) is 3.43. The molecule has 2 heterocycles. The SMILES string of the molecule is Cc1nc2cc(NC(=O)C3CC(=O)N(C(C)c4ccccc4)C3)ccc2o1. The molecule has 2 unspecified atom stereocenters. The smallest absolute Gasteiger partial charge is 0.229 e. The second kappa shape index (κ2) is 6.87. The van der Waals surface area contributed by atoms with Crippen molar-refractivity contribution in [2.75, 3.05) is 11.9 Å². The Morgan fingerprint density at radius 3 is 2.81 bits per heavy atom. The number of hydrogen-bond acceptors (Lipinski definition) is 4. The normalized spacial score (nSPS) is 18.1. The number of oxazole rings is 1. The zero-order chi connectivity index (χ0) is 19.0.